The second-order valence-corrected chi connectivity index (χ2v) is 9.11. The van der Waals surface area contributed by atoms with E-state index < -0.39 is 10.0 Å². The van der Waals surface area contributed by atoms with Crippen LogP contribution in [0.3, 0.4) is 0 Å². The molecule has 0 atom stereocenters. The van der Waals surface area contributed by atoms with Crippen LogP contribution in [-0.4, -0.2) is 38.0 Å². The largest absolute Gasteiger partial charge is 0.321 e. The molecule has 0 saturated carbocycles. The Bertz CT molecular complexity index is 840. The second kappa shape index (κ2) is 7.26. The number of rotatable bonds is 5. The molecule has 24 heavy (non-hydrogen) atoms. The number of nitrogens with zero attached hydrogens (tertiary/aromatic N) is 1. The summed E-state index contributed by atoms with van der Waals surface area (Å²) in [4.78, 5) is 13.9. The molecule has 8 heteroatoms. The third-order valence-electron chi connectivity index (χ3n) is 3.85. The first kappa shape index (κ1) is 17.5. The highest BCUT2D eigenvalue weighted by Crippen LogP contribution is 2.28. The summed E-state index contributed by atoms with van der Waals surface area (Å²) in [6.07, 6.45) is 3.69. The van der Waals surface area contributed by atoms with Crippen LogP contribution < -0.4 is 5.32 Å². The fourth-order valence-electron chi connectivity index (χ4n) is 2.62. The van der Waals surface area contributed by atoms with Gasteiger partial charge < -0.3 is 5.32 Å². The maximum atomic E-state index is 12.7. The van der Waals surface area contributed by atoms with Crippen molar-refractivity contribution in [2.75, 3.05) is 24.7 Å². The molecule has 0 spiro atoms. The monoisotopic (exact) mass is 382 g/mol. The van der Waals surface area contributed by atoms with Crippen LogP contribution >= 0.6 is 23.1 Å². The average Bonchev–Trinajstić information content (AvgIpc) is 3.26. The highest BCUT2D eigenvalue weighted by molar-refractivity contribution is 7.98. The minimum Gasteiger partial charge on any atom is -0.321 e. The number of thiophene rings is 1. The summed E-state index contributed by atoms with van der Waals surface area (Å²) in [7, 11) is -3.60. The van der Waals surface area contributed by atoms with Gasteiger partial charge in [0.05, 0.1) is 0 Å². The van der Waals surface area contributed by atoms with Gasteiger partial charge in [-0.2, -0.15) is 4.31 Å². The van der Waals surface area contributed by atoms with Crippen LogP contribution in [0.4, 0.5) is 5.69 Å². The summed E-state index contributed by atoms with van der Waals surface area (Å²) in [5.74, 6) is -0.388. The summed E-state index contributed by atoms with van der Waals surface area (Å²) < 4.78 is 26.9. The molecule has 1 N–H and O–H groups in total. The minimum atomic E-state index is -3.60. The third-order valence-corrected chi connectivity index (χ3v) is 7.55. The number of carbonyl (C=O) groups is 1. The van der Waals surface area contributed by atoms with E-state index in [0.717, 1.165) is 29.1 Å². The Morgan fingerprint density at radius 1 is 1.25 bits per heavy atom. The molecule has 1 aromatic carbocycles. The van der Waals surface area contributed by atoms with Crippen molar-refractivity contribution in [1.82, 2.24) is 4.31 Å². The zero-order valence-electron chi connectivity index (χ0n) is 13.2. The molecule has 1 aliphatic heterocycles. The highest BCUT2D eigenvalue weighted by atomic mass is 32.2. The van der Waals surface area contributed by atoms with Crippen LogP contribution in [0.15, 0.2) is 45.5 Å². The molecule has 1 saturated heterocycles. The standard InChI is InChI=1S/C16H18N2O3S3/c1-22-13-6-4-5-12(11-13)17-16(19)15-14(7-10-23-15)24(20,21)18-8-2-3-9-18/h4-7,10-11H,2-3,8-9H2,1H3,(H,17,19). The SMILES string of the molecule is CSc1cccc(NC(=O)c2sccc2S(=O)(=O)N2CCCC2)c1. The molecule has 1 fully saturated rings. The van der Waals surface area contributed by atoms with Gasteiger partial charge in [-0.1, -0.05) is 6.07 Å². The molecular weight excluding hydrogens is 364 g/mol. The average molecular weight is 383 g/mol. The van der Waals surface area contributed by atoms with E-state index in [-0.39, 0.29) is 15.7 Å². The third kappa shape index (κ3) is 3.51. The van der Waals surface area contributed by atoms with Crippen molar-refractivity contribution in [3.63, 3.8) is 0 Å². The number of hydrogen-bond donors (Lipinski definition) is 1. The lowest BCUT2D eigenvalue weighted by atomic mass is 10.3. The first-order chi connectivity index (χ1) is 11.5. The normalized spacial score (nSPS) is 15.5. The molecule has 0 aliphatic carbocycles. The molecule has 0 bridgehead atoms. The molecule has 0 radical (unpaired) electrons. The summed E-state index contributed by atoms with van der Waals surface area (Å²) in [5, 5.41) is 4.45. The molecule has 0 unspecified atom stereocenters. The van der Waals surface area contributed by atoms with Gasteiger partial charge in [0.2, 0.25) is 10.0 Å². The van der Waals surface area contributed by atoms with Gasteiger partial charge in [0.15, 0.2) is 0 Å². The van der Waals surface area contributed by atoms with Crippen LogP contribution in [0, 0.1) is 0 Å². The molecule has 2 aromatic rings. The van der Waals surface area contributed by atoms with Gasteiger partial charge in [-0.15, -0.1) is 23.1 Å². The number of benzene rings is 1. The first-order valence-corrected chi connectivity index (χ1v) is 11.1. The fraction of sp³-hybridized carbons (Fsp3) is 0.312. The maximum Gasteiger partial charge on any atom is 0.267 e. The lowest BCUT2D eigenvalue weighted by Gasteiger charge is -2.15. The topological polar surface area (TPSA) is 66.5 Å². The number of anilines is 1. The zero-order chi connectivity index (χ0) is 17.2. The Balaban J connectivity index is 1.85. The van der Waals surface area contributed by atoms with E-state index in [1.54, 1.807) is 23.2 Å². The molecule has 3 rings (SSSR count). The molecule has 1 amide bonds. The van der Waals surface area contributed by atoms with E-state index in [1.165, 1.54) is 10.4 Å². The molecular formula is C16H18N2O3S3. The van der Waals surface area contributed by atoms with Gasteiger partial charge in [-0.25, -0.2) is 8.42 Å². The quantitative estimate of drug-likeness (QED) is 0.804. The van der Waals surface area contributed by atoms with Crippen LogP contribution in [-0.2, 0) is 10.0 Å². The molecule has 1 aromatic heterocycles. The summed E-state index contributed by atoms with van der Waals surface area (Å²) in [6, 6.07) is 8.99. The Hall–Kier alpha value is -1.35. The predicted octanol–water partition coefficient (Wildman–Crippen LogP) is 3.51. The van der Waals surface area contributed by atoms with Gasteiger partial charge in [0, 0.05) is 23.7 Å². The van der Waals surface area contributed by atoms with Gasteiger partial charge >= 0.3 is 0 Å². The van der Waals surface area contributed by atoms with Crippen molar-refractivity contribution in [3.8, 4) is 0 Å². The number of carbonyl (C=O) groups excluding carboxylic acids is 1. The Morgan fingerprint density at radius 3 is 2.71 bits per heavy atom. The van der Waals surface area contributed by atoms with E-state index in [1.807, 2.05) is 24.5 Å². The number of thioether (sulfide) groups is 1. The number of amides is 1. The van der Waals surface area contributed by atoms with Crippen LogP contribution in [0.25, 0.3) is 0 Å². The van der Waals surface area contributed by atoms with Gasteiger partial charge in [0.1, 0.15) is 9.77 Å². The lowest BCUT2D eigenvalue weighted by Crippen LogP contribution is -2.29. The minimum absolute atomic E-state index is 0.105. The van der Waals surface area contributed by atoms with Gasteiger partial charge in [-0.3, -0.25) is 4.79 Å². The summed E-state index contributed by atoms with van der Waals surface area (Å²) in [6.45, 7) is 1.05. The van der Waals surface area contributed by atoms with Crippen molar-refractivity contribution in [2.45, 2.75) is 22.6 Å². The number of sulfonamides is 1. The Labute approximate surface area is 150 Å². The van der Waals surface area contributed by atoms with E-state index in [9.17, 15) is 13.2 Å². The van der Waals surface area contributed by atoms with Crippen LogP contribution in [0.5, 0.6) is 0 Å². The van der Waals surface area contributed by atoms with Crippen molar-refractivity contribution in [2.24, 2.45) is 0 Å². The van der Waals surface area contributed by atoms with Crippen molar-refractivity contribution >= 4 is 44.7 Å². The van der Waals surface area contributed by atoms with Crippen LogP contribution in [0.2, 0.25) is 0 Å². The molecule has 2 heterocycles. The Morgan fingerprint density at radius 2 is 2.00 bits per heavy atom. The lowest BCUT2D eigenvalue weighted by molar-refractivity contribution is 0.102. The number of hydrogen-bond acceptors (Lipinski definition) is 5. The van der Waals surface area contributed by atoms with Gasteiger partial charge in [0.25, 0.3) is 5.91 Å². The molecule has 1 aliphatic rings. The predicted molar refractivity (Wildman–Crippen MR) is 98.5 cm³/mol. The van der Waals surface area contributed by atoms with E-state index in [4.69, 9.17) is 0 Å². The Kier molecular flexibility index (Phi) is 5.29. The van der Waals surface area contributed by atoms with Crippen molar-refractivity contribution in [1.29, 1.82) is 0 Å². The van der Waals surface area contributed by atoms with Crippen molar-refractivity contribution < 1.29 is 13.2 Å². The summed E-state index contributed by atoms with van der Waals surface area (Å²) in [5.41, 5.74) is 0.657. The first-order valence-electron chi connectivity index (χ1n) is 7.55. The number of nitrogens with one attached hydrogen (secondary N) is 1. The van der Waals surface area contributed by atoms with E-state index in [0.29, 0.717) is 18.8 Å². The van der Waals surface area contributed by atoms with Crippen molar-refractivity contribution in [3.05, 3.63) is 40.6 Å². The maximum absolute atomic E-state index is 12.7. The van der Waals surface area contributed by atoms with E-state index in [2.05, 4.69) is 5.32 Å². The second-order valence-electron chi connectivity index (χ2n) is 5.41. The van der Waals surface area contributed by atoms with E-state index >= 15 is 0 Å². The molecule has 128 valence electrons. The smallest absolute Gasteiger partial charge is 0.267 e. The van der Waals surface area contributed by atoms with Gasteiger partial charge in [-0.05, 0) is 48.7 Å². The molecule has 5 nitrogen and oxygen atoms in total. The van der Waals surface area contributed by atoms with Crippen LogP contribution in [0.1, 0.15) is 22.5 Å². The highest BCUT2D eigenvalue weighted by Gasteiger charge is 2.31. The summed E-state index contributed by atoms with van der Waals surface area (Å²) >= 11 is 2.73. The zero-order valence-corrected chi connectivity index (χ0v) is 15.6. The fourth-order valence-corrected chi connectivity index (χ4v) is 5.89.